The van der Waals surface area contributed by atoms with Crippen LogP contribution in [0.5, 0.6) is 0 Å². The second kappa shape index (κ2) is 11.0. The number of ether oxygens (including phenoxy) is 1. The van der Waals surface area contributed by atoms with Crippen LogP contribution in [0.1, 0.15) is 43.5 Å². The van der Waals surface area contributed by atoms with E-state index in [2.05, 4.69) is 5.32 Å². The van der Waals surface area contributed by atoms with Crippen molar-refractivity contribution in [2.45, 2.75) is 39.2 Å². The normalized spacial score (nSPS) is 14.8. The molecule has 3 N–H and O–H groups in total. The van der Waals surface area contributed by atoms with Gasteiger partial charge in [0.05, 0.1) is 6.10 Å². The summed E-state index contributed by atoms with van der Waals surface area (Å²) in [7, 11) is 0. The number of piperidine rings is 1. The number of carbonyl (C=O) groups is 2. The molecule has 1 aromatic carbocycles. The number of nitrogens with zero attached hydrogens (tertiary/aromatic N) is 1. The zero-order chi connectivity index (χ0) is 18.2. The molecule has 7 heteroatoms. The smallest absolute Gasteiger partial charge is 0.253 e. The number of nitrogen functional groups attached to an aromatic ring is 1. The molecule has 1 aliphatic rings. The highest BCUT2D eigenvalue weighted by molar-refractivity contribution is 5.94. The Morgan fingerprint density at radius 3 is 2.42 bits per heavy atom. The Morgan fingerprint density at radius 1 is 1.23 bits per heavy atom. The third-order valence-electron chi connectivity index (χ3n) is 4.38. The first-order valence-electron chi connectivity index (χ1n) is 9.01. The highest BCUT2D eigenvalue weighted by Crippen LogP contribution is 2.19. The molecular formula is C19H30ClN3O3. The third kappa shape index (κ3) is 6.84. The lowest BCUT2D eigenvalue weighted by atomic mass is 9.95. The largest absolute Gasteiger partial charge is 0.399 e. The van der Waals surface area contributed by atoms with Gasteiger partial charge in [-0.1, -0.05) is 0 Å². The van der Waals surface area contributed by atoms with Crippen molar-refractivity contribution < 1.29 is 14.3 Å². The van der Waals surface area contributed by atoms with Crippen LogP contribution in [-0.2, 0) is 9.53 Å². The molecule has 2 amide bonds. The van der Waals surface area contributed by atoms with Gasteiger partial charge in [-0.25, -0.2) is 0 Å². The van der Waals surface area contributed by atoms with Crippen LogP contribution in [0, 0.1) is 5.92 Å². The van der Waals surface area contributed by atoms with Crippen LogP contribution in [0.15, 0.2) is 24.3 Å². The summed E-state index contributed by atoms with van der Waals surface area (Å²) in [6, 6.07) is 6.96. The second-order valence-corrected chi connectivity index (χ2v) is 6.75. The number of nitrogens with one attached hydrogen (secondary N) is 1. The Labute approximate surface area is 161 Å². The molecule has 26 heavy (non-hydrogen) atoms. The summed E-state index contributed by atoms with van der Waals surface area (Å²) in [5.74, 6) is 0.0790. The monoisotopic (exact) mass is 383 g/mol. The number of carbonyl (C=O) groups excluding carboxylic acids is 2. The number of anilines is 1. The predicted molar refractivity (Wildman–Crippen MR) is 105 cm³/mol. The maximum atomic E-state index is 12.5. The molecule has 0 aromatic heterocycles. The molecule has 146 valence electrons. The van der Waals surface area contributed by atoms with Crippen LogP contribution >= 0.6 is 12.4 Å². The Kier molecular flexibility index (Phi) is 9.44. The van der Waals surface area contributed by atoms with Crippen molar-refractivity contribution in [3.63, 3.8) is 0 Å². The topological polar surface area (TPSA) is 84.7 Å². The molecular weight excluding hydrogens is 354 g/mol. The SMILES string of the molecule is CC(C)OCCCNC(=O)C1CCN(C(=O)c2ccc(N)cc2)CC1.Cl. The average molecular weight is 384 g/mol. The van der Waals surface area contributed by atoms with Crippen LogP contribution in [0.25, 0.3) is 0 Å². The van der Waals surface area contributed by atoms with Gasteiger partial charge in [-0.15, -0.1) is 12.4 Å². The average Bonchev–Trinajstić information content (AvgIpc) is 2.61. The number of halogens is 1. The Bertz CT molecular complexity index is 570. The van der Waals surface area contributed by atoms with Gasteiger partial charge < -0.3 is 20.7 Å². The third-order valence-corrected chi connectivity index (χ3v) is 4.38. The molecule has 1 saturated heterocycles. The summed E-state index contributed by atoms with van der Waals surface area (Å²) >= 11 is 0. The number of hydrogen-bond donors (Lipinski definition) is 2. The van der Waals surface area contributed by atoms with Gasteiger partial charge in [0, 0.05) is 43.4 Å². The summed E-state index contributed by atoms with van der Waals surface area (Å²) in [4.78, 5) is 26.5. The number of hydrogen-bond acceptors (Lipinski definition) is 4. The molecule has 0 radical (unpaired) electrons. The van der Waals surface area contributed by atoms with E-state index >= 15 is 0 Å². The van der Waals surface area contributed by atoms with E-state index in [1.54, 1.807) is 24.3 Å². The van der Waals surface area contributed by atoms with Crippen molar-refractivity contribution in [1.29, 1.82) is 0 Å². The highest BCUT2D eigenvalue weighted by Gasteiger charge is 2.27. The molecule has 0 atom stereocenters. The fourth-order valence-corrected chi connectivity index (χ4v) is 2.90. The van der Waals surface area contributed by atoms with Crippen molar-refractivity contribution in [1.82, 2.24) is 10.2 Å². The Balaban J connectivity index is 0.00000338. The number of benzene rings is 1. The molecule has 1 aliphatic heterocycles. The van der Waals surface area contributed by atoms with Gasteiger partial charge in [-0.05, 0) is 57.4 Å². The van der Waals surface area contributed by atoms with Gasteiger partial charge in [-0.3, -0.25) is 9.59 Å². The molecule has 1 heterocycles. The molecule has 0 bridgehead atoms. The van der Waals surface area contributed by atoms with E-state index in [1.165, 1.54) is 0 Å². The maximum absolute atomic E-state index is 12.5. The molecule has 6 nitrogen and oxygen atoms in total. The second-order valence-electron chi connectivity index (χ2n) is 6.75. The first-order chi connectivity index (χ1) is 12.0. The van der Waals surface area contributed by atoms with E-state index < -0.39 is 0 Å². The van der Waals surface area contributed by atoms with Gasteiger partial charge in [0.15, 0.2) is 0 Å². The van der Waals surface area contributed by atoms with E-state index in [1.807, 2.05) is 18.7 Å². The van der Waals surface area contributed by atoms with Crippen molar-refractivity contribution >= 4 is 29.9 Å². The predicted octanol–water partition coefficient (Wildman–Crippen LogP) is 2.47. The van der Waals surface area contributed by atoms with Crippen LogP contribution in [0.2, 0.25) is 0 Å². The van der Waals surface area contributed by atoms with E-state index in [9.17, 15) is 9.59 Å². The van der Waals surface area contributed by atoms with Crippen molar-refractivity contribution in [2.75, 3.05) is 32.0 Å². The van der Waals surface area contributed by atoms with E-state index in [4.69, 9.17) is 10.5 Å². The quantitative estimate of drug-likeness (QED) is 0.559. The fraction of sp³-hybridized carbons (Fsp3) is 0.579. The minimum atomic E-state index is -0.0125. The summed E-state index contributed by atoms with van der Waals surface area (Å²) in [5, 5.41) is 2.97. The van der Waals surface area contributed by atoms with Crippen LogP contribution in [0.3, 0.4) is 0 Å². The number of likely N-dealkylation sites (tertiary alicyclic amines) is 1. The first kappa shape index (κ1) is 22.3. The lowest BCUT2D eigenvalue weighted by Gasteiger charge is -2.31. The van der Waals surface area contributed by atoms with E-state index in [-0.39, 0.29) is 36.2 Å². The van der Waals surface area contributed by atoms with Crippen molar-refractivity contribution in [3.8, 4) is 0 Å². The number of rotatable bonds is 7. The minimum Gasteiger partial charge on any atom is -0.399 e. The molecule has 0 saturated carbocycles. The fourth-order valence-electron chi connectivity index (χ4n) is 2.90. The molecule has 0 spiro atoms. The van der Waals surface area contributed by atoms with Crippen LogP contribution in [0.4, 0.5) is 5.69 Å². The lowest BCUT2D eigenvalue weighted by Crippen LogP contribution is -2.43. The van der Waals surface area contributed by atoms with Crippen molar-refractivity contribution in [3.05, 3.63) is 29.8 Å². The molecule has 1 fully saturated rings. The zero-order valence-electron chi connectivity index (χ0n) is 15.6. The summed E-state index contributed by atoms with van der Waals surface area (Å²) < 4.78 is 5.46. The summed E-state index contributed by atoms with van der Waals surface area (Å²) in [6.45, 7) is 6.51. The lowest BCUT2D eigenvalue weighted by molar-refractivity contribution is -0.126. The standard InChI is InChI=1S/C19H29N3O3.ClH/c1-14(2)25-13-3-10-21-18(23)15-8-11-22(12-9-15)19(24)16-4-6-17(20)7-5-16;/h4-7,14-15H,3,8-13,20H2,1-2H3,(H,21,23);1H. The molecule has 0 unspecified atom stereocenters. The first-order valence-corrected chi connectivity index (χ1v) is 9.01. The maximum Gasteiger partial charge on any atom is 0.253 e. The van der Waals surface area contributed by atoms with Crippen LogP contribution in [-0.4, -0.2) is 49.1 Å². The zero-order valence-corrected chi connectivity index (χ0v) is 16.4. The summed E-state index contributed by atoms with van der Waals surface area (Å²) in [5.41, 5.74) is 6.94. The Hall–Kier alpha value is -1.79. The van der Waals surface area contributed by atoms with Gasteiger partial charge in [-0.2, -0.15) is 0 Å². The molecule has 2 rings (SSSR count). The van der Waals surface area contributed by atoms with Gasteiger partial charge in [0.25, 0.3) is 5.91 Å². The minimum absolute atomic E-state index is 0. The van der Waals surface area contributed by atoms with Gasteiger partial charge >= 0.3 is 0 Å². The molecule has 1 aromatic rings. The number of nitrogens with two attached hydrogens (primary N) is 1. The van der Waals surface area contributed by atoms with Crippen LogP contribution < -0.4 is 11.1 Å². The van der Waals surface area contributed by atoms with E-state index in [0.717, 1.165) is 6.42 Å². The molecule has 0 aliphatic carbocycles. The Morgan fingerprint density at radius 2 is 1.85 bits per heavy atom. The summed E-state index contributed by atoms with van der Waals surface area (Å²) in [6.07, 6.45) is 2.45. The van der Waals surface area contributed by atoms with Crippen molar-refractivity contribution in [2.24, 2.45) is 5.92 Å². The van der Waals surface area contributed by atoms with Gasteiger partial charge in [0.1, 0.15) is 0 Å². The van der Waals surface area contributed by atoms with Gasteiger partial charge in [0.2, 0.25) is 5.91 Å². The highest BCUT2D eigenvalue weighted by atomic mass is 35.5. The van der Waals surface area contributed by atoms with E-state index in [0.29, 0.717) is 50.3 Å². The number of amides is 2.